The van der Waals surface area contributed by atoms with E-state index in [-0.39, 0.29) is 11.9 Å². The molecule has 1 aromatic carbocycles. The van der Waals surface area contributed by atoms with Gasteiger partial charge in [0.25, 0.3) is 0 Å². The smallest absolute Gasteiger partial charge is 0.225 e. The maximum atomic E-state index is 11.6. The number of nitrogens with two attached hydrogens (primary N) is 1. The minimum absolute atomic E-state index is 0.0495. The van der Waals surface area contributed by atoms with Gasteiger partial charge in [-0.1, -0.05) is 13.8 Å². The summed E-state index contributed by atoms with van der Waals surface area (Å²) < 4.78 is 5.46. The van der Waals surface area contributed by atoms with Crippen molar-refractivity contribution in [3.05, 3.63) is 24.3 Å². The van der Waals surface area contributed by atoms with Crippen LogP contribution in [0.3, 0.4) is 0 Å². The minimum Gasteiger partial charge on any atom is -0.494 e. The summed E-state index contributed by atoms with van der Waals surface area (Å²) in [6, 6.07) is 7.30. The molecular weight excluding hydrogens is 228 g/mol. The van der Waals surface area contributed by atoms with E-state index < -0.39 is 0 Å². The summed E-state index contributed by atoms with van der Waals surface area (Å²) >= 11 is 0. The largest absolute Gasteiger partial charge is 0.494 e. The second-order valence-corrected chi connectivity index (χ2v) is 4.29. The van der Waals surface area contributed by atoms with Crippen LogP contribution in [0.25, 0.3) is 0 Å². The van der Waals surface area contributed by atoms with Gasteiger partial charge in [-0.25, -0.2) is 0 Å². The lowest BCUT2D eigenvalue weighted by Crippen LogP contribution is -2.26. The minimum atomic E-state index is -0.0721. The molecule has 1 amide bonds. The van der Waals surface area contributed by atoms with Crippen molar-refractivity contribution in [3.8, 4) is 5.75 Å². The van der Waals surface area contributed by atoms with Crippen LogP contribution in [0.4, 0.5) is 5.69 Å². The van der Waals surface area contributed by atoms with Crippen LogP contribution in [0.5, 0.6) is 5.75 Å². The van der Waals surface area contributed by atoms with Crippen molar-refractivity contribution in [3.63, 3.8) is 0 Å². The Balaban J connectivity index is 2.45. The van der Waals surface area contributed by atoms with E-state index in [1.807, 2.05) is 31.2 Å². The molecule has 0 heterocycles. The van der Waals surface area contributed by atoms with Gasteiger partial charge < -0.3 is 15.8 Å². The fourth-order valence-corrected chi connectivity index (χ4v) is 1.45. The molecule has 1 rings (SSSR count). The molecule has 0 radical (unpaired) electrons. The Morgan fingerprint density at radius 1 is 1.33 bits per heavy atom. The third kappa shape index (κ3) is 5.19. The molecule has 0 saturated carbocycles. The average molecular weight is 250 g/mol. The van der Waals surface area contributed by atoms with Crippen LogP contribution in [0, 0.1) is 0 Å². The number of benzene rings is 1. The Hall–Kier alpha value is -1.55. The summed E-state index contributed by atoms with van der Waals surface area (Å²) in [6.45, 7) is 4.74. The van der Waals surface area contributed by atoms with E-state index in [0.29, 0.717) is 13.0 Å². The molecule has 0 aliphatic carbocycles. The molecule has 0 fully saturated rings. The van der Waals surface area contributed by atoms with Crippen molar-refractivity contribution in [2.45, 2.75) is 39.2 Å². The molecule has 0 bridgehead atoms. The zero-order chi connectivity index (χ0) is 13.4. The molecule has 1 aromatic rings. The van der Waals surface area contributed by atoms with Crippen LogP contribution < -0.4 is 15.8 Å². The van der Waals surface area contributed by atoms with Crippen LogP contribution in [-0.4, -0.2) is 18.6 Å². The maximum Gasteiger partial charge on any atom is 0.225 e. The van der Waals surface area contributed by atoms with Crippen LogP contribution in [0.1, 0.15) is 33.1 Å². The number of carbonyl (C=O) groups is 1. The lowest BCUT2D eigenvalue weighted by atomic mass is 10.1. The molecule has 100 valence electrons. The number of carbonyl (C=O) groups excluding carboxylic acids is 1. The average Bonchev–Trinajstić information content (AvgIpc) is 2.37. The third-order valence-corrected chi connectivity index (χ3v) is 2.58. The van der Waals surface area contributed by atoms with Crippen molar-refractivity contribution >= 4 is 11.6 Å². The molecule has 0 aliphatic rings. The predicted molar refractivity (Wildman–Crippen MR) is 73.7 cm³/mol. The van der Waals surface area contributed by atoms with Crippen molar-refractivity contribution in [2.75, 3.05) is 11.9 Å². The molecular formula is C14H22N2O2. The molecule has 1 atom stereocenters. The Morgan fingerprint density at radius 3 is 2.56 bits per heavy atom. The lowest BCUT2D eigenvalue weighted by Gasteiger charge is -2.10. The van der Waals surface area contributed by atoms with Crippen LogP contribution in [0.15, 0.2) is 24.3 Å². The first-order valence-electron chi connectivity index (χ1n) is 6.44. The highest BCUT2D eigenvalue weighted by atomic mass is 16.5. The molecule has 1 unspecified atom stereocenters. The van der Waals surface area contributed by atoms with Crippen LogP contribution in [0.2, 0.25) is 0 Å². The van der Waals surface area contributed by atoms with Gasteiger partial charge in [-0.05, 0) is 37.1 Å². The topological polar surface area (TPSA) is 64.3 Å². The first kappa shape index (κ1) is 14.5. The highest BCUT2D eigenvalue weighted by molar-refractivity contribution is 5.91. The van der Waals surface area contributed by atoms with E-state index in [4.69, 9.17) is 10.5 Å². The number of amides is 1. The maximum absolute atomic E-state index is 11.6. The van der Waals surface area contributed by atoms with E-state index in [0.717, 1.165) is 24.3 Å². The number of anilines is 1. The van der Waals surface area contributed by atoms with Gasteiger partial charge in [-0.2, -0.15) is 0 Å². The monoisotopic (exact) mass is 250 g/mol. The summed E-state index contributed by atoms with van der Waals surface area (Å²) in [7, 11) is 0. The molecule has 0 aromatic heterocycles. The molecule has 4 nitrogen and oxygen atoms in total. The van der Waals surface area contributed by atoms with Crippen LogP contribution in [-0.2, 0) is 4.79 Å². The summed E-state index contributed by atoms with van der Waals surface area (Å²) in [6.07, 6.45) is 2.13. The second kappa shape index (κ2) is 7.71. The van der Waals surface area contributed by atoms with Crippen molar-refractivity contribution < 1.29 is 9.53 Å². The number of ether oxygens (including phenoxy) is 1. The summed E-state index contributed by atoms with van der Waals surface area (Å²) in [4.78, 5) is 11.6. The second-order valence-electron chi connectivity index (χ2n) is 4.29. The highest BCUT2D eigenvalue weighted by Crippen LogP contribution is 2.16. The molecule has 0 saturated heterocycles. The zero-order valence-corrected chi connectivity index (χ0v) is 11.1. The predicted octanol–water partition coefficient (Wildman–Crippen LogP) is 2.54. The Kier molecular flexibility index (Phi) is 6.22. The fraction of sp³-hybridized carbons (Fsp3) is 0.500. The van der Waals surface area contributed by atoms with Gasteiger partial charge in [0.05, 0.1) is 6.61 Å². The first-order valence-corrected chi connectivity index (χ1v) is 6.44. The van der Waals surface area contributed by atoms with Crippen molar-refractivity contribution in [2.24, 2.45) is 5.73 Å². The Labute approximate surface area is 109 Å². The number of nitrogens with one attached hydrogen (secondary N) is 1. The van der Waals surface area contributed by atoms with Gasteiger partial charge in [0, 0.05) is 18.2 Å². The summed E-state index contributed by atoms with van der Waals surface area (Å²) in [5.41, 5.74) is 6.50. The van der Waals surface area contributed by atoms with Gasteiger partial charge in [0.15, 0.2) is 0 Å². The number of hydrogen-bond acceptors (Lipinski definition) is 3. The van der Waals surface area contributed by atoms with Crippen molar-refractivity contribution in [1.82, 2.24) is 0 Å². The van der Waals surface area contributed by atoms with Crippen molar-refractivity contribution in [1.29, 1.82) is 0 Å². The lowest BCUT2D eigenvalue weighted by molar-refractivity contribution is -0.116. The summed E-state index contributed by atoms with van der Waals surface area (Å²) in [5, 5.41) is 2.82. The molecule has 0 aliphatic heterocycles. The standard InChI is InChI=1S/C14H22N2O2/c1-3-9-18-13-7-5-12(6-8-13)16-14(17)10-11(15)4-2/h5-8,11H,3-4,9-10,15H2,1-2H3,(H,16,17). The number of rotatable bonds is 7. The van der Waals surface area contributed by atoms with E-state index in [9.17, 15) is 4.79 Å². The zero-order valence-electron chi connectivity index (χ0n) is 11.1. The molecule has 4 heteroatoms. The highest BCUT2D eigenvalue weighted by Gasteiger charge is 2.07. The third-order valence-electron chi connectivity index (χ3n) is 2.58. The SMILES string of the molecule is CCCOc1ccc(NC(=O)CC(N)CC)cc1. The van der Waals surface area contributed by atoms with Gasteiger partial charge in [0.1, 0.15) is 5.75 Å². The Bertz CT molecular complexity index is 363. The van der Waals surface area contributed by atoms with E-state index in [2.05, 4.69) is 12.2 Å². The van der Waals surface area contributed by atoms with Gasteiger partial charge >= 0.3 is 0 Å². The van der Waals surface area contributed by atoms with E-state index in [1.165, 1.54) is 0 Å². The van der Waals surface area contributed by atoms with Crippen LogP contribution >= 0.6 is 0 Å². The quantitative estimate of drug-likeness (QED) is 0.781. The van der Waals surface area contributed by atoms with Gasteiger partial charge in [-0.3, -0.25) is 4.79 Å². The first-order chi connectivity index (χ1) is 8.65. The molecule has 0 spiro atoms. The molecule has 3 N–H and O–H groups in total. The van der Waals surface area contributed by atoms with Gasteiger partial charge in [-0.15, -0.1) is 0 Å². The van der Waals surface area contributed by atoms with E-state index >= 15 is 0 Å². The Morgan fingerprint density at radius 2 is 2.00 bits per heavy atom. The number of hydrogen-bond donors (Lipinski definition) is 2. The molecule has 18 heavy (non-hydrogen) atoms. The normalized spacial score (nSPS) is 11.9. The van der Waals surface area contributed by atoms with E-state index in [1.54, 1.807) is 0 Å². The fourth-order valence-electron chi connectivity index (χ4n) is 1.45. The van der Waals surface area contributed by atoms with Gasteiger partial charge in [0.2, 0.25) is 5.91 Å². The summed E-state index contributed by atoms with van der Waals surface area (Å²) in [5.74, 6) is 0.770.